The van der Waals surface area contributed by atoms with Crippen molar-refractivity contribution in [2.24, 2.45) is 0 Å². The van der Waals surface area contributed by atoms with Gasteiger partial charge < -0.3 is 4.57 Å². The number of rotatable bonds is 4. The van der Waals surface area contributed by atoms with Crippen LogP contribution in [0, 0.1) is 0 Å². The third-order valence-corrected chi connectivity index (χ3v) is 5.85. The van der Waals surface area contributed by atoms with Crippen LogP contribution in [0.2, 0.25) is 0 Å². The minimum atomic E-state index is -3.51. The molecule has 0 amide bonds. The quantitative estimate of drug-likeness (QED) is 0.591. The molecule has 4 nitrogen and oxygen atoms in total. The lowest BCUT2D eigenvalue weighted by Gasteiger charge is -2.13. The fourth-order valence-corrected chi connectivity index (χ4v) is 3.93. The molecule has 0 fully saturated rings. The number of benzene rings is 3. The van der Waals surface area contributed by atoms with Crippen molar-refractivity contribution in [3.8, 4) is 16.9 Å². The molecule has 130 valence electrons. The summed E-state index contributed by atoms with van der Waals surface area (Å²) in [7, 11) is -2.09. The molecule has 0 spiro atoms. The second kappa shape index (κ2) is 6.44. The molecule has 0 radical (unpaired) electrons. The molecule has 0 saturated heterocycles. The maximum absolute atomic E-state index is 12.2. The largest absolute Gasteiger partial charge is 0.309 e. The van der Waals surface area contributed by atoms with Crippen LogP contribution < -0.4 is 4.72 Å². The smallest absolute Gasteiger partial charge is 0.240 e. The highest BCUT2D eigenvalue weighted by Crippen LogP contribution is 2.32. The molecule has 4 aromatic rings. The number of nitrogens with zero attached hydrogens (tertiary/aromatic N) is 1. The summed E-state index contributed by atoms with van der Waals surface area (Å²) < 4.78 is 28.9. The number of aromatic nitrogens is 1. The van der Waals surface area contributed by atoms with Crippen molar-refractivity contribution in [3.63, 3.8) is 0 Å². The Morgan fingerprint density at radius 3 is 2.31 bits per heavy atom. The van der Waals surface area contributed by atoms with Gasteiger partial charge in [-0.2, -0.15) is 0 Å². The summed E-state index contributed by atoms with van der Waals surface area (Å²) in [6, 6.07) is 27.3. The van der Waals surface area contributed by atoms with E-state index in [9.17, 15) is 8.42 Å². The number of hydrogen-bond acceptors (Lipinski definition) is 2. The lowest BCUT2D eigenvalue weighted by atomic mass is 10.1. The van der Waals surface area contributed by atoms with Crippen molar-refractivity contribution in [3.05, 3.63) is 84.9 Å². The Balaban J connectivity index is 2.01. The van der Waals surface area contributed by atoms with E-state index in [4.69, 9.17) is 0 Å². The number of nitrogens with one attached hydrogen (secondary N) is 1. The minimum absolute atomic E-state index is 0.245. The van der Waals surface area contributed by atoms with Crippen LogP contribution in [0.15, 0.2) is 89.8 Å². The van der Waals surface area contributed by atoms with E-state index in [2.05, 4.69) is 33.6 Å². The van der Waals surface area contributed by atoms with Crippen LogP contribution in [-0.4, -0.2) is 20.0 Å². The predicted molar refractivity (Wildman–Crippen MR) is 105 cm³/mol. The molecule has 0 bridgehead atoms. The SMILES string of the molecule is CNS(=O)(=O)c1cccc(-n2c(-c3ccccc3)cc3ccccc32)c1. The number of hydrogen-bond donors (Lipinski definition) is 1. The molecule has 0 aliphatic heterocycles. The molecule has 0 atom stereocenters. The van der Waals surface area contributed by atoms with Gasteiger partial charge in [-0.3, -0.25) is 0 Å². The third kappa shape index (κ3) is 2.81. The van der Waals surface area contributed by atoms with E-state index < -0.39 is 10.0 Å². The summed E-state index contributed by atoms with van der Waals surface area (Å²) in [6.45, 7) is 0. The lowest BCUT2D eigenvalue weighted by molar-refractivity contribution is 0.588. The maximum Gasteiger partial charge on any atom is 0.240 e. The van der Waals surface area contributed by atoms with Gasteiger partial charge in [-0.05, 0) is 42.9 Å². The summed E-state index contributed by atoms with van der Waals surface area (Å²) >= 11 is 0. The first-order valence-corrected chi connectivity index (χ1v) is 9.78. The molecule has 1 aromatic heterocycles. The van der Waals surface area contributed by atoms with Crippen LogP contribution in [-0.2, 0) is 10.0 Å². The number of fused-ring (bicyclic) bond motifs is 1. The van der Waals surface area contributed by atoms with Gasteiger partial charge in [-0.25, -0.2) is 13.1 Å². The van der Waals surface area contributed by atoms with Crippen LogP contribution in [0.4, 0.5) is 0 Å². The molecule has 0 saturated carbocycles. The van der Waals surface area contributed by atoms with E-state index in [-0.39, 0.29) is 4.90 Å². The Morgan fingerprint density at radius 2 is 1.54 bits per heavy atom. The van der Waals surface area contributed by atoms with Gasteiger partial charge in [0.15, 0.2) is 0 Å². The zero-order chi connectivity index (χ0) is 18.1. The van der Waals surface area contributed by atoms with E-state index in [0.717, 1.165) is 27.8 Å². The number of para-hydroxylation sites is 1. The van der Waals surface area contributed by atoms with Crippen LogP contribution in [0.5, 0.6) is 0 Å². The Bertz CT molecular complexity index is 1180. The Hall–Kier alpha value is -2.89. The first kappa shape index (κ1) is 16.6. The first-order valence-electron chi connectivity index (χ1n) is 8.30. The second-order valence-corrected chi connectivity index (χ2v) is 7.88. The van der Waals surface area contributed by atoms with Gasteiger partial charge in [0.1, 0.15) is 0 Å². The lowest BCUT2D eigenvalue weighted by Crippen LogP contribution is -2.18. The Kier molecular flexibility index (Phi) is 4.11. The van der Waals surface area contributed by atoms with Crippen LogP contribution >= 0.6 is 0 Å². The van der Waals surface area contributed by atoms with Gasteiger partial charge in [0.25, 0.3) is 0 Å². The van der Waals surface area contributed by atoms with Gasteiger partial charge in [-0.15, -0.1) is 0 Å². The van der Waals surface area contributed by atoms with E-state index >= 15 is 0 Å². The molecule has 1 heterocycles. The molecular formula is C21H18N2O2S. The topological polar surface area (TPSA) is 51.1 Å². The van der Waals surface area contributed by atoms with Crippen LogP contribution in [0.3, 0.4) is 0 Å². The highest BCUT2D eigenvalue weighted by atomic mass is 32.2. The molecule has 5 heteroatoms. The van der Waals surface area contributed by atoms with E-state index in [0.29, 0.717) is 0 Å². The molecule has 1 N–H and O–H groups in total. The third-order valence-electron chi connectivity index (χ3n) is 4.44. The van der Waals surface area contributed by atoms with E-state index in [1.54, 1.807) is 18.2 Å². The monoisotopic (exact) mass is 362 g/mol. The van der Waals surface area contributed by atoms with Gasteiger partial charge in [-0.1, -0.05) is 54.6 Å². The Labute approximate surface area is 152 Å². The average Bonchev–Trinajstić information content (AvgIpc) is 3.08. The highest BCUT2D eigenvalue weighted by Gasteiger charge is 2.16. The maximum atomic E-state index is 12.2. The Morgan fingerprint density at radius 1 is 0.808 bits per heavy atom. The van der Waals surface area contributed by atoms with Gasteiger partial charge in [0.2, 0.25) is 10.0 Å². The second-order valence-electron chi connectivity index (χ2n) is 5.99. The van der Waals surface area contributed by atoms with Crippen molar-refractivity contribution >= 4 is 20.9 Å². The minimum Gasteiger partial charge on any atom is -0.309 e. The summed E-state index contributed by atoms with van der Waals surface area (Å²) in [5.74, 6) is 0. The summed E-state index contributed by atoms with van der Waals surface area (Å²) in [6.07, 6.45) is 0. The predicted octanol–water partition coefficient (Wildman–Crippen LogP) is 4.21. The molecule has 0 aliphatic rings. The molecule has 0 aliphatic carbocycles. The molecule has 4 rings (SSSR count). The molecule has 26 heavy (non-hydrogen) atoms. The van der Waals surface area contributed by atoms with E-state index in [1.165, 1.54) is 7.05 Å². The van der Waals surface area contributed by atoms with E-state index in [1.807, 2.05) is 42.5 Å². The van der Waals surface area contributed by atoms with Gasteiger partial charge in [0.05, 0.1) is 16.1 Å². The summed E-state index contributed by atoms with van der Waals surface area (Å²) in [4.78, 5) is 0.245. The van der Waals surface area contributed by atoms with Crippen LogP contribution in [0.1, 0.15) is 0 Å². The van der Waals surface area contributed by atoms with Gasteiger partial charge in [0, 0.05) is 11.1 Å². The molecule has 3 aromatic carbocycles. The van der Waals surface area contributed by atoms with Crippen molar-refractivity contribution < 1.29 is 8.42 Å². The normalized spacial score (nSPS) is 11.7. The first-order chi connectivity index (χ1) is 12.6. The van der Waals surface area contributed by atoms with Crippen molar-refractivity contribution in [1.29, 1.82) is 0 Å². The van der Waals surface area contributed by atoms with Crippen molar-refractivity contribution in [2.75, 3.05) is 7.05 Å². The standard InChI is InChI=1S/C21H18N2O2S/c1-22-26(24,25)19-12-7-11-18(15-19)23-20-13-6-5-10-17(20)14-21(23)16-8-3-2-4-9-16/h2-15,22H,1H3. The van der Waals surface area contributed by atoms with Crippen LogP contribution in [0.25, 0.3) is 27.8 Å². The highest BCUT2D eigenvalue weighted by molar-refractivity contribution is 7.89. The summed E-state index contributed by atoms with van der Waals surface area (Å²) in [5, 5.41) is 1.10. The molecule has 0 unspecified atom stereocenters. The van der Waals surface area contributed by atoms with Gasteiger partial charge >= 0.3 is 0 Å². The number of sulfonamides is 1. The zero-order valence-corrected chi connectivity index (χ0v) is 15.1. The fraction of sp³-hybridized carbons (Fsp3) is 0.0476. The zero-order valence-electron chi connectivity index (χ0n) is 14.3. The van der Waals surface area contributed by atoms with Crippen molar-refractivity contribution in [1.82, 2.24) is 9.29 Å². The summed E-state index contributed by atoms with van der Waals surface area (Å²) in [5.41, 5.74) is 3.93. The average molecular weight is 362 g/mol. The van der Waals surface area contributed by atoms with Crippen molar-refractivity contribution in [2.45, 2.75) is 4.90 Å². The fourth-order valence-electron chi connectivity index (χ4n) is 3.16. The molecular weight excluding hydrogens is 344 g/mol.